The maximum absolute atomic E-state index is 6.08. The molecular formula is C20H24ClN3OS. The number of nitrogens with zero attached hydrogens (tertiary/aromatic N) is 2. The van der Waals surface area contributed by atoms with Crippen LogP contribution < -0.4 is 10.1 Å². The third-order valence-electron chi connectivity index (χ3n) is 4.55. The molecule has 0 bridgehead atoms. The second kappa shape index (κ2) is 8.71. The fraction of sp³-hybridized carbons (Fsp3) is 0.350. The highest BCUT2D eigenvalue weighted by atomic mass is 35.5. The highest BCUT2D eigenvalue weighted by Gasteiger charge is 2.19. The van der Waals surface area contributed by atoms with Gasteiger partial charge in [-0.15, -0.1) is 0 Å². The molecule has 0 unspecified atom stereocenters. The van der Waals surface area contributed by atoms with Crippen LogP contribution in [0, 0.1) is 6.92 Å². The van der Waals surface area contributed by atoms with Gasteiger partial charge in [-0.05, 0) is 54.5 Å². The summed E-state index contributed by atoms with van der Waals surface area (Å²) >= 11 is 11.7. The zero-order valence-electron chi connectivity index (χ0n) is 15.2. The van der Waals surface area contributed by atoms with Crippen molar-refractivity contribution >= 4 is 34.6 Å². The van der Waals surface area contributed by atoms with E-state index in [9.17, 15) is 0 Å². The Morgan fingerprint density at radius 3 is 2.62 bits per heavy atom. The number of anilines is 1. The van der Waals surface area contributed by atoms with Gasteiger partial charge >= 0.3 is 0 Å². The van der Waals surface area contributed by atoms with Crippen LogP contribution in [-0.4, -0.2) is 48.2 Å². The number of piperazine rings is 1. The van der Waals surface area contributed by atoms with Crippen LogP contribution in [0.1, 0.15) is 11.1 Å². The molecule has 138 valence electrons. The molecule has 6 heteroatoms. The van der Waals surface area contributed by atoms with Gasteiger partial charge < -0.3 is 15.0 Å². The van der Waals surface area contributed by atoms with Crippen molar-refractivity contribution < 1.29 is 4.74 Å². The van der Waals surface area contributed by atoms with Crippen molar-refractivity contribution in [3.63, 3.8) is 0 Å². The van der Waals surface area contributed by atoms with Crippen molar-refractivity contribution in [2.75, 3.05) is 38.6 Å². The maximum Gasteiger partial charge on any atom is 0.173 e. The van der Waals surface area contributed by atoms with E-state index in [0.717, 1.165) is 54.3 Å². The average molecular weight is 390 g/mol. The number of halogens is 1. The number of benzene rings is 2. The van der Waals surface area contributed by atoms with Gasteiger partial charge in [-0.2, -0.15) is 0 Å². The molecule has 26 heavy (non-hydrogen) atoms. The number of nitrogens with one attached hydrogen (secondary N) is 1. The maximum atomic E-state index is 6.08. The van der Waals surface area contributed by atoms with E-state index in [1.807, 2.05) is 30.3 Å². The lowest BCUT2D eigenvalue weighted by molar-refractivity contribution is 0.177. The molecule has 0 saturated carbocycles. The Labute approximate surface area is 165 Å². The number of ether oxygens (including phenoxy) is 1. The van der Waals surface area contributed by atoms with Crippen LogP contribution >= 0.6 is 23.8 Å². The van der Waals surface area contributed by atoms with Crippen LogP contribution in [0.2, 0.25) is 5.02 Å². The Bertz CT molecular complexity index is 775. The fourth-order valence-electron chi connectivity index (χ4n) is 3.12. The van der Waals surface area contributed by atoms with E-state index in [-0.39, 0.29) is 0 Å². The van der Waals surface area contributed by atoms with E-state index in [4.69, 9.17) is 28.6 Å². The van der Waals surface area contributed by atoms with E-state index in [2.05, 4.69) is 34.2 Å². The first-order chi connectivity index (χ1) is 12.5. The molecule has 0 radical (unpaired) electrons. The largest absolute Gasteiger partial charge is 0.495 e. The molecule has 2 aromatic carbocycles. The van der Waals surface area contributed by atoms with Crippen LogP contribution in [0.5, 0.6) is 5.75 Å². The number of methoxy groups -OCH3 is 1. The van der Waals surface area contributed by atoms with Crippen molar-refractivity contribution in [1.29, 1.82) is 0 Å². The Hall–Kier alpha value is -1.82. The van der Waals surface area contributed by atoms with Crippen LogP contribution in [0.15, 0.2) is 42.5 Å². The number of rotatable bonds is 4. The van der Waals surface area contributed by atoms with E-state index in [0.29, 0.717) is 0 Å². The van der Waals surface area contributed by atoms with E-state index in [1.165, 1.54) is 11.1 Å². The smallest absolute Gasteiger partial charge is 0.173 e. The van der Waals surface area contributed by atoms with Crippen molar-refractivity contribution in [2.45, 2.75) is 13.5 Å². The summed E-state index contributed by atoms with van der Waals surface area (Å²) in [4.78, 5) is 4.64. The third-order valence-corrected chi connectivity index (χ3v) is 5.15. The summed E-state index contributed by atoms with van der Waals surface area (Å²) in [5.41, 5.74) is 3.33. The van der Waals surface area contributed by atoms with Gasteiger partial charge in [0.25, 0.3) is 0 Å². The molecule has 1 aliphatic heterocycles. The normalized spacial score (nSPS) is 15.0. The minimum atomic E-state index is 0.747. The summed E-state index contributed by atoms with van der Waals surface area (Å²) < 4.78 is 5.42. The molecule has 1 fully saturated rings. The predicted molar refractivity (Wildman–Crippen MR) is 112 cm³/mol. The molecule has 4 nitrogen and oxygen atoms in total. The molecule has 3 rings (SSSR count). The topological polar surface area (TPSA) is 27.7 Å². The third kappa shape index (κ3) is 4.87. The minimum Gasteiger partial charge on any atom is -0.495 e. The van der Waals surface area contributed by atoms with Gasteiger partial charge in [0.15, 0.2) is 5.11 Å². The quantitative estimate of drug-likeness (QED) is 0.792. The van der Waals surface area contributed by atoms with Gasteiger partial charge in [0.2, 0.25) is 0 Å². The lowest BCUT2D eigenvalue weighted by Crippen LogP contribution is -2.49. The number of hydrogen-bond acceptors (Lipinski definition) is 3. The van der Waals surface area contributed by atoms with Crippen molar-refractivity contribution in [3.8, 4) is 5.75 Å². The standard InChI is InChI=1S/C20H24ClN3OS/c1-15-6-7-19(25-2)18(12-15)22-20(26)24-10-8-23(9-11-24)14-16-4-3-5-17(21)13-16/h3-7,12-13H,8-11,14H2,1-2H3,(H,22,26). The first kappa shape index (κ1) is 19.0. The molecule has 2 aromatic rings. The fourth-order valence-corrected chi connectivity index (χ4v) is 3.62. The Morgan fingerprint density at radius 1 is 1.15 bits per heavy atom. The van der Waals surface area contributed by atoms with Gasteiger partial charge in [0.05, 0.1) is 12.8 Å². The molecule has 1 heterocycles. The summed E-state index contributed by atoms with van der Waals surface area (Å²) in [6, 6.07) is 14.1. The molecule has 0 atom stereocenters. The summed E-state index contributed by atoms with van der Waals surface area (Å²) in [5, 5.41) is 4.88. The lowest BCUT2D eigenvalue weighted by atomic mass is 10.2. The molecule has 0 aliphatic carbocycles. The van der Waals surface area contributed by atoms with E-state index >= 15 is 0 Å². The van der Waals surface area contributed by atoms with Crippen LogP contribution in [0.3, 0.4) is 0 Å². The number of thiocarbonyl (C=S) groups is 1. The minimum absolute atomic E-state index is 0.747. The van der Waals surface area contributed by atoms with Gasteiger partial charge in [-0.25, -0.2) is 0 Å². The summed E-state index contributed by atoms with van der Waals surface area (Å²) in [6.07, 6.45) is 0. The SMILES string of the molecule is COc1ccc(C)cc1NC(=S)N1CCN(Cc2cccc(Cl)c2)CC1. The first-order valence-corrected chi connectivity index (χ1v) is 9.51. The predicted octanol–water partition coefficient (Wildman–Crippen LogP) is 4.17. The van der Waals surface area contributed by atoms with Crippen molar-refractivity contribution in [3.05, 3.63) is 58.6 Å². The zero-order chi connectivity index (χ0) is 18.5. The molecule has 1 aliphatic rings. The van der Waals surface area contributed by atoms with Gasteiger partial charge in [0, 0.05) is 37.7 Å². The second-order valence-corrected chi connectivity index (χ2v) is 7.35. The molecule has 0 amide bonds. The Balaban J connectivity index is 1.54. The molecule has 0 aromatic heterocycles. The first-order valence-electron chi connectivity index (χ1n) is 8.72. The second-order valence-electron chi connectivity index (χ2n) is 6.53. The molecule has 0 spiro atoms. The molecule has 1 N–H and O–H groups in total. The molecule has 1 saturated heterocycles. The van der Waals surface area contributed by atoms with Crippen molar-refractivity contribution in [1.82, 2.24) is 9.80 Å². The van der Waals surface area contributed by atoms with Crippen LogP contribution in [0.25, 0.3) is 0 Å². The monoisotopic (exact) mass is 389 g/mol. The summed E-state index contributed by atoms with van der Waals surface area (Å²) in [5.74, 6) is 0.803. The van der Waals surface area contributed by atoms with Crippen LogP contribution in [0.4, 0.5) is 5.69 Å². The summed E-state index contributed by atoms with van der Waals surface area (Å²) in [6.45, 7) is 6.72. The summed E-state index contributed by atoms with van der Waals surface area (Å²) in [7, 11) is 1.67. The van der Waals surface area contributed by atoms with Gasteiger partial charge in [-0.1, -0.05) is 29.8 Å². The highest BCUT2D eigenvalue weighted by Crippen LogP contribution is 2.25. The Kier molecular flexibility index (Phi) is 6.35. The highest BCUT2D eigenvalue weighted by molar-refractivity contribution is 7.80. The zero-order valence-corrected chi connectivity index (χ0v) is 16.7. The van der Waals surface area contributed by atoms with Gasteiger partial charge in [-0.3, -0.25) is 4.90 Å². The van der Waals surface area contributed by atoms with E-state index in [1.54, 1.807) is 7.11 Å². The number of aryl methyl sites for hydroxylation is 1. The lowest BCUT2D eigenvalue weighted by Gasteiger charge is -2.36. The Morgan fingerprint density at radius 2 is 1.92 bits per heavy atom. The average Bonchev–Trinajstić information content (AvgIpc) is 2.62. The van der Waals surface area contributed by atoms with Crippen molar-refractivity contribution in [2.24, 2.45) is 0 Å². The van der Waals surface area contributed by atoms with E-state index < -0.39 is 0 Å². The van der Waals surface area contributed by atoms with Gasteiger partial charge in [0.1, 0.15) is 5.75 Å². The van der Waals surface area contributed by atoms with Crippen LogP contribution in [-0.2, 0) is 6.54 Å². The molecular weight excluding hydrogens is 366 g/mol. The number of hydrogen-bond donors (Lipinski definition) is 1.